The van der Waals surface area contributed by atoms with E-state index in [2.05, 4.69) is 216 Å². The Morgan fingerprint density at radius 3 is 1.82 bits per heavy atom. The number of anilines is 3. The van der Waals surface area contributed by atoms with Crippen molar-refractivity contribution in [2.75, 3.05) is 4.90 Å². The van der Waals surface area contributed by atoms with Gasteiger partial charge in [0.05, 0.1) is 22.4 Å². The molecule has 10 aromatic carbocycles. The Labute approximate surface area is 356 Å². The summed E-state index contributed by atoms with van der Waals surface area (Å²) in [6, 6.07) is 78.0. The molecule has 3 heterocycles. The minimum Gasteiger partial charge on any atom is -0.456 e. The fraction of sp³-hybridized carbons (Fsp3) is 0. The standard InChI is InChI=1S/C58H36N2O2/c1-2-16-38-35-41(32-31-37(38)15-1)60(51-27-10-5-21-44(51)46-24-14-30-55-57(46)48-23-7-12-29-54(48)61-55)52-34-33-47-45-22-6-11-28-53(45)62-58(47)56(52)39-17-13-18-40(36-39)59-49-25-8-3-19-42(49)43-20-4-9-26-50(43)59/h1-36H. The third-order valence-electron chi connectivity index (χ3n) is 12.6. The highest BCUT2D eigenvalue weighted by Crippen LogP contribution is 2.50. The molecule has 0 unspecified atom stereocenters. The molecule has 0 spiro atoms. The van der Waals surface area contributed by atoms with E-state index in [1.165, 1.54) is 27.2 Å². The lowest BCUT2D eigenvalue weighted by Gasteiger charge is -2.30. The summed E-state index contributed by atoms with van der Waals surface area (Å²) >= 11 is 0. The highest BCUT2D eigenvalue weighted by atomic mass is 16.3. The molecular formula is C58H36N2O2. The molecule has 4 heteroatoms. The van der Waals surface area contributed by atoms with Crippen LogP contribution in [0.15, 0.2) is 227 Å². The molecule has 0 fully saturated rings. The van der Waals surface area contributed by atoms with Gasteiger partial charge in [-0.2, -0.15) is 0 Å². The number of nitrogens with zero attached hydrogens (tertiary/aromatic N) is 2. The lowest BCUT2D eigenvalue weighted by molar-refractivity contribution is 0.669. The van der Waals surface area contributed by atoms with E-state index >= 15 is 0 Å². The van der Waals surface area contributed by atoms with Gasteiger partial charge in [-0.05, 0) is 94.7 Å². The van der Waals surface area contributed by atoms with Crippen LogP contribution in [-0.4, -0.2) is 4.57 Å². The zero-order chi connectivity index (χ0) is 40.7. The summed E-state index contributed by atoms with van der Waals surface area (Å²) in [5.74, 6) is 0. The molecule has 0 N–H and O–H groups in total. The number of hydrogen-bond acceptors (Lipinski definition) is 3. The monoisotopic (exact) mass is 792 g/mol. The van der Waals surface area contributed by atoms with Gasteiger partial charge in [0, 0.05) is 54.8 Å². The van der Waals surface area contributed by atoms with Crippen molar-refractivity contribution in [2.45, 2.75) is 0 Å². The minimum atomic E-state index is 0.842. The molecule has 4 nitrogen and oxygen atoms in total. The molecule has 0 aliphatic rings. The highest BCUT2D eigenvalue weighted by Gasteiger charge is 2.26. The predicted molar refractivity (Wildman–Crippen MR) is 258 cm³/mol. The largest absolute Gasteiger partial charge is 0.456 e. The van der Waals surface area contributed by atoms with E-state index in [-0.39, 0.29) is 0 Å². The number of aromatic nitrogens is 1. The number of fused-ring (bicyclic) bond motifs is 10. The molecule has 0 atom stereocenters. The molecule has 13 rings (SSSR count). The zero-order valence-electron chi connectivity index (χ0n) is 33.5. The Morgan fingerprint density at radius 2 is 1.00 bits per heavy atom. The van der Waals surface area contributed by atoms with Crippen molar-refractivity contribution in [1.29, 1.82) is 0 Å². The molecule has 0 radical (unpaired) electrons. The zero-order valence-corrected chi connectivity index (χ0v) is 33.5. The van der Waals surface area contributed by atoms with Crippen molar-refractivity contribution in [3.63, 3.8) is 0 Å². The van der Waals surface area contributed by atoms with Crippen molar-refractivity contribution < 1.29 is 8.83 Å². The van der Waals surface area contributed by atoms with Crippen molar-refractivity contribution in [3.05, 3.63) is 218 Å². The quantitative estimate of drug-likeness (QED) is 0.168. The molecule has 290 valence electrons. The fourth-order valence-electron chi connectivity index (χ4n) is 9.86. The lowest BCUT2D eigenvalue weighted by atomic mass is 9.95. The van der Waals surface area contributed by atoms with Crippen LogP contribution in [-0.2, 0) is 0 Å². The molecule has 0 aliphatic carbocycles. The summed E-state index contributed by atoms with van der Waals surface area (Å²) in [5, 5.41) is 9.16. The van der Waals surface area contributed by atoms with Gasteiger partial charge in [-0.15, -0.1) is 0 Å². The molecular weight excluding hydrogens is 757 g/mol. The van der Waals surface area contributed by atoms with Crippen LogP contribution >= 0.6 is 0 Å². The van der Waals surface area contributed by atoms with E-state index in [4.69, 9.17) is 8.83 Å². The highest BCUT2D eigenvalue weighted by molar-refractivity contribution is 6.16. The van der Waals surface area contributed by atoms with Gasteiger partial charge in [-0.3, -0.25) is 0 Å². The number of benzene rings is 10. The molecule has 0 amide bonds. The van der Waals surface area contributed by atoms with E-state index in [0.717, 1.165) is 94.3 Å². The maximum Gasteiger partial charge on any atom is 0.145 e. The first-order chi connectivity index (χ1) is 30.8. The predicted octanol–water partition coefficient (Wildman–Crippen LogP) is 16.5. The van der Waals surface area contributed by atoms with Gasteiger partial charge < -0.3 is 18.3 Å². The van der Waals surface area contributed by atoms with Crippen LogP contribution < -0.4 is 4.90 Å². The summed E-state index contributed by atoms with van der Waals surface area (Å²) in [6.07, 6.45) is 0. The fourth-order valence-corrected chi connectivity index (χ4v) is 9.86. The molecule has 62 heavy (non-hydrogen) atoms. The SMILES string of the molecule is c1cc(-c2c(N(c3ccc4ccccc4c3)c3ccccc3-c3cccc4oc5ccccc5c34)ccc3c2oc2ccccc23)cc(-n2c3ccccc3c3ccccc32)c1. The van der Waals surface area contributed by atoms with Gasteiger partial charge in [0.1, 0.15) is 22.3 Å². The van der Waals surface area contributed by atoms with E-state index < -0.39 is 0 Å². The van der Waals surface area contributed by atoms with Crippen LogP contribution in [0.4, 0.5) is 17.1 Å². The molecule has 0 saturated carbocycles. The van der Waals surface area contributed by atoms with Crippen LogP contribution in [0, 0.1) is 0 Å². The smallest absolute Gasteiger partial charge is 0.145 e. The van der Waals surface area contributed by atoms with E-state index in [1.807, 2.05) is 12.1 Å². The van der Waals surface area contributed by atoms with Gasteiger partial charge in [0.15, 0.2) is 0 Å². The van der Waals surface area contributed by atoms with E-state index in [1.54, 1.807) is 0 Å². The Kier molecular flexibility index (Phi) is 7.57. The van der Waals surface area contributed by atoms with Gasteiger partial charge in [-0.25, -0.2) is 0 Å². The number of para-hydroxylation sites is 5. The third-order valence-corrected chi connectivity index (χ3v) is 12.6. The Bertz CT molecular complexity index is 3850. The second-order valence-corrected chi connectivity index (χ2v) is 16.0. The van der Waals surface area contributed by atoms with Crippen molar-refractivity contribution in [1.82, 2.24) is 4.57 Å². The van der Waals surface area contributed by atoms with Crippen molar-refractivity contribution >= 4 is 93.5 Å². The Balaban J connectivity index is 1.13. The lowest BCUT2D eigenvalue weighted by Crippen LogP contribution is -2.12. The first kappa shape index (κ1) is 34.5. The minimum absolute atomic E-state index is 0.842. The van der Waals surface area contributed by atoms with Gasteiger partial charge >= 0.3 is 0 Å². The number of rotatable bonds is 6. The molecule has 3 aromatic heterocycles. The van der Waals surface area contributed by atoms with Gasteiger partial charge in [0.2, 0.25) is 0 Å². The summed E-state index contributed by atoms with van der Waals surface area (Å²) in [6.45, 7) is 0. The normalized spacial score (nSPS) is 11.9. The Hall–Kier alpha value is -8.34. The summed E-state index contributed by atoms with van der Waals surface area (Å²) in [5.41, 5.74) is 14.2. The van der Waals surface area contributed by atoms with E-state index in [9.17, 15) is 0 Å². The third kappa shape index (κ3) is 5.20. The van der Waals surface area contributed by atoms with Crippen molar-refractivity contribution in [3.8, 4) is 27.9 Å². The summed E-state index contributed by atoms with van der Waals surface area (Å²) in [7, 11) is 0. The number of hydrogen-bond donors (Lipinski definition) is 0. The molecule has 0 saturated heterocycles. The summed E-state index contributed by atoms with van der Waals surface area (Å²) in [4.78, 5) is 2.43. The van der Waals surface area contributed by atoms with Gasteiger partial charge in [-0.1, -0.05) is 146 Å². The van der Waals surface area contributed by atoms with Crippen LogP contribution in [0.2, 0.25) is 0 Å². The second kappa shape index (κ2) is 13.6. The average Bonchev–Trinajstić information content (AvgIpc) is 4.02. The maximum atomic E-state index is 7.01. The molecule has 0 aliphatic heterocycles. The van der Waals surface area contributed by atoms with Crippen LogP contribution in [0.5, 0.6) is 0 Å². The molecule has 0 bridgehead atoms. The maximum absolute atomic E-state index is 7.01. The summed E-state index contributed by atoms with van der Waals surface area (Å²) < 4.78 is 15.8. The number of furan rings is 2. The van der Waals surface area contributed by atoms with Gasteiger partial charge in [0.25, 0.3) is 0 Å². The van der Waals surface area contributed by atoms with Crippen LogP contribution in [0.25, 0.3) is 104 Å². The second-order valence-electron chi connectivity index (χ2n) is 16.0. The average molecular weight is 793 g/mol. The first-order valence-corrected chi connectivity index (χ1v) is 21.1. The van der Waals surface area contributed by atoms with Crippen LogP contribution in [0.1, 0.15) is 0 Å². The topological polar surface area (TPSA) is 34.5 Å². The van der Waals surface area contributed by atoms with Crippen LogP contribution in [0.3, 0.4) is 0 Å². The molecule has 13 aromatic rings. The van der Waals surface area contributed by atoms with E-state index in [0.29, 0.717) is 0 Å². The Morgan fingerprint density at radius 1 is 0.371 bits per heavy atom. The van der Waals surface area contributed by atoms with Crippen molar-refractivity contribution in [2.24, 2.45) is 0 Å². The first-order valence-electron chi connectivity index (χ1n) is 21.1.